The van der Waals surface area contributed by atoms with Gasteiger partial charge in [0, 0.05) is 12.0 Å². The average Bonchev–Trinajstić information content (AvgIpc) is 2.04. The Kier molecular flexibility index (Phi) is 1.24. The summed E-state index contributed by atoms with van der Waals surface area (Å²) in [7, 11) is 0. The van der Waals surface area contributed by atoms with E-state index >= 15 is 0 Å². The molecular weight excluding hydrogens is 148 g/mol. The summed E-state index contributed by atoms with van der Waals surface area (Å²) < 4.78 is 0. The Labute approximate surface area is 73.3 Å². The van der Waals surface area contributed by atoms with Gasteiger partial charge in [-0.2, -0.15) is 0 Å². The molecule has 2 bridgehead atoms. The lowest BCUT2D eigenvalue weighted by atomic mass is 9.44. The fourth-order valence-corrected chi connectivity index (χ4v) is 2.86. The molecule has 12 heavy (non-hydrogen) atoms. The topological polar surface area (TPSA) is 28.1 Å². The van der Waals surface area contributed by atoms with E-state index in [0.29, 0.717) is 0 Å². The summed E-state index contributed by atoms with van der Waals surface area (Å²) in [4.78, 5) is 3.61. The second kappa shape index (κ2) is 1.90. The van der Waals surface area contributed by atoms with Crippen LogP contribution in [0.5, 0.6) is 0 Å². The van der Waals surface area contributed by atoms with Gasteiger partial charge >= 0.3 is 5.54 Å². The van der Waals surface area contributed by atoms with Crippen molar-refractivity contribution in [3.05, 3.63) is 16.6 Å². The molecule has 2 heteroatoms. The first-order valence-corrected chi connectivity index (χ1v) is 4.58. The predicted molar refractivity (Wildman–Crippen MR) is 48.1 cm³/mol. The van der Waals surface area contributed by atoms with Crippen LogP contribution in [0.1, 0.15) is 33.6 Å². The molecule has 0 aromatic heterocycles. The third kappa shape index (κ3) is 0.555. The Morgan fingerprint density at radius 2 is 2.25 bits per heavy atom. The summed E-state index contributed by atoms with van der Waals surface area (Å²) in [6.45, 7) is 6.49. The fraction of sp³-hybridized carbons (Fsp3) is 0.800. The number of hydrogen-bond donors (Lipinski definition) is 0. The molecule has 0 N–H and O–H groups in total. The molecule has 64 valence electrons. The molecule has 2 atom stereocenters. The maximum absolute atomic E-state index is 9.08. The zero-order valence-corrected chi connectivity index (χ0v) is 7.96. The fourth-order valence-electron chi connectivity index (χ4n) is 2.86. The van der Waals surface area contributed by atoms with Gasteiger partial charge < -0.3 is 0 Å². The van der Waals surface area contributed by atoms with E-state index in [-0.39, 0.29) is 11.0 Å². The van der Waals surface area contributed by atoms with E-state index in [4.69, 9.17) is 5.39 Å². The Hall–Kier alpha value is -0.840. The summed E-state index contributed by atoms with van der Waals surface area (Å²) in [5.41, 5.74) is 1.17. The van der Waals surface area contributed by atoms with Crippen molar-refractivity contribution in [2.24, 2.45) is 11.3 Å². The van der Waals surface area contributed by atoms with Crippen molar-refractivity contribution in [2.45, 2.75) is 39.2 Å². The van der Waals surface area contributed by atoms with E-state index in [1.807, 2.05) is 0 Å². The molecule has 0 aliphatic heterocycles. The number of rotatable bonds is 0. The number of diazo groups is 1. The van der Waals surface area contributed by atoms with Crippen molar-refractivity contribution < 1.29 is 0 Å². The summed E-state index contributed by atoms with van der Waals surface area (Å²) in [6.07, 6.45) is 4.42. The van der Waals surface area contributed by atoms with Gasteiger partial charge in [0.05, 0.1) is 5.41 Å². The molecule has 0 aromatic carbocycles. The van der Waals surface area contributed by atoms with Crippen LogP contribution in [-0.2, 0) is 0 Å². The minimum atomic E-state index is -0.240. The van der Waals surface area contributed by atoms with Gasteiger partial charge in [0.2, 0.25) is 5.39 Å². The van der Waals surface area contributed by atoms with Crippen LogP contribution < -0.4 is 0 Å². The van der Waals surface area contributed by atoms with Crippen molar-refractivity contribution in [1.82, 2.24) is 0 Å². The first-order valence-electron chi connectivity index (χ1n) is 4.58. The highest BCUT2D eigenvalue weighted by Crippen LogP contribution is 2.64. The Bertz CT molecular complexity index is 295. The summed E-state index contributed by atoms with van der Waals surface area (Å²) in [5, 5.41) is 9.08. The van der Waals surface area contributed by atoms with Crippen LogP contribution in [-0.4, -0.2) is 5.54 Å². The molecular formula is C10H15N2+. The Morgan fingerprint density at radius 1 is 1.58 bits per heavy atom. The van der Waals surface area contributed by atoms with Crippen LogP contribution in [0.4, 0.5) is 0 Å². The van der Waals surface area contributed by atoms with Crippen molar-refractivity contribution in [2.75, 3.05) is 0 Å². The van der Waals surface area contributed by atoms with Crippen LogP contribution >= 0.6 is 0 Å². The first-order chi connectivity index (χ1) is 5.54. The van der Waals surface area contributed by atoms with E-state index in [9.17, 15) is 0 Å². The van der Waals surface area contributed by atoms with Gasteiger partial charge in [0.1, 0.15) is 4.98 Å². The van der Waals surface area contributed by atoms with E-state index in [1.165, 1.54) is 5.57 Å². The van der Waals surface area contributed by atoms with Crippen LogP contribution in [0.2, 0.25) is 0 Å². The van der Waals surface area contributed by atoms with E-state index in [2.05, 4.69) is 31.8 Å². The SMILES string of the molecule is CC1=CCC2CC1([N+]#N)C2(C)C. The molecule has 3 aliphatic rings. The summed E-state index contributed by atoms with van der Waals surface area (Å²) in [6, 6.07) is 0. The molecule has 2 nitrogen and oxygen atoms in total. The van der Waals surface area contributed by atoms with Gasteiger partial charge in [-0.25, -0.2) is 0 Å². The highest BCUT2D eigenvalue weighted by Gasteiger charge is 2.73. The molecule has 0 heterocycles. The molecule has 3 aliphatic carbocycles. The van der Waals surface area contributed by atoms with Gasteiger partial charge in [-0.3, -0.25) is 0 Å². The number of nitrogens with zero attached hydrogens (tertiary/aromatic N) is 2. The van der Waals surface area contributed by atoms with Crippen molar-refractivity contribution in [3.63, 3.8) is 0 Å². The van der Waals surface area contributed by atoms with E-state index in [0.717, 1.165) is 18.8 Å². The standard InChI is InChI=1S/C10H15N2/c1-7-4-5-8-6-10(7,12-11)9(8,2)3/h4,8H,5-6H2,1-3H3/q+1. The lowest BCUT2D eigenvalue weighted by Crippen LogP contribution is -2.61. The predicted octanol–water partition coefficient (Wildman–Crippen LogP) is 2.97. The zero-order chi connectivity index (χ0) is 8.98. The number of allylic oxidation sites excluding steroid dienone is 1. The van der Waals surface area contributed by atoms with E-state index < -0.39 is 0 Å². The van der Waals surface area contributed by atoms with Crippen molar-refractivity contribution in [3.8, 4) is 0 Å². The average molecular weight is 163 g/mol. The molecule has 1 saturated carbocycles. The molecule has 0 amide bonds. The second-order valence-electron chi connectivity index (χ2n) is 4.71. The second-order valence-corrected chi connectivity index (χ2v) is 4.71. The maximum Gasteiger partial charge on any atom is 0.349 e. The van der Waals surface area contributed by atoms with Gasteiger partial charge in [-0.05, 0) is 19.3 Å². The van der Waals surface area contributed by atoms with Crippen LogP contribution in [0, 0.1) is 16.7 Å². The Morgan fingerprint density at radius 3 is 2.58 bits per heavy atom. The smallest absolute Gasteiger partial charge is 0.0770 e. The van der Waals surface area contributed by atoms with Gasteiger partial charge in [0.15, 0.2) is 0 Å². The van der Waals surface area contributed by atoms with Crippen LogP contribution in [0.3, 0.4) is 0 Å². The highest BCUT2D eigenvalue weighted by atomic mass is 15.0. The molecule has 0 spiro atoms. The minimum Gasteiger partial charge on any atom is -0.0770 e. The monoisotopic (exact) mass is 163 g/mol. The maximum atomic E-state index is 9.08. The lowest BCUT2D eigenvalue weighted by Gasteiger charge is -2.52. The Balaban J connectivity index is 2.50. The van der Waals surface area contributed by atoms with Crippen LogP contribution in [0.25, 0.3) is 4.98 Å². The number of fused-ring (bicyclic) bond motifs is 1. The van der Waals surface area contributed by atoms with Gasteiger partial charge in [-0.1, -0.05) is 19.9 Å². The molecule has 3 rings (SSSR count). The quantitative estimate of drug-likeness (QED) is 0.398. The van der Waals surface area contributed by atoms with E-state index in [1.54, 1.807) is 0 Å². The third-order valence-corrected chi connectivity index (χ3v) is 4.16. The molecule has 0 radical (unpaired) electrons. The van der Waals surface area contributed by atoms with Crippen molar-refractivity contribution in [1.29, 1.82) is 5.39 Å². The van der Waals surface area contributed by atoms with Gasteiger partial charge in [0.25, 0.3) is 0 Å². The zero-order valence-electron chi connectivity index (χ0n) is 7.96. The minimum absolute atomic E-state index is 0.167. The third-order valence-electron chi connectivity index (χ3n) is 4.16. The highest BCUT2D eigenvalue weighted by molar-refractivity contribution is 5.39. The largest absolute Gasteiger partial charge is 0.349 e. The first kappa shape index (κ1) is 7.79. The van der Waals surface area contributed by atoms with Crippen molar-refractivity contribution >= 4 is 0 Å². The lowest BCUT2D eigenvalue weighted by molar-refractivity contribution is -0.00890. The van der Waals surface area contributed by atoms with Gasteiger partial charge in [-0.15, -0.1) is 0 Å². The molecule has 2 unspecified atom stereocenters. The summed E-state index contributed by atoms with van der Waals surface area (Å²) >= 11 is 0. The molecule has 1 fully saturated rings. The van der Waals surface area contributed by atoms with Crippen LogP contribution in [0.15, 0.2) is 11.6 Å². The summed E-state index contributed by atoms with van der Waals surface area (Å²) in [5.74, 6) is 0.720. The number of hydrogen-bond acceptors (Lipinski definition) is 1. The molecule has 0 aromatic rings. The normalized spacial score (nSPS) is 42.5. The molecule has 0 saturated heterocycles.